The first kappa shape index (κ1) is 14.5. The van der Waals surface area contributed by atoms with Crippen molar-refractivity contribution in [2.45, 2.75) is 19.8 Å². The Kier molecular flexibility index (Phi) is 3.79. The van der Waals surface area contributed by atoms with Crippen LogP contribution in [0.4, 0.5) is 0 Å². The molecule has 0 bridgehead atoms. The maximum absolute atomic E-state index is 12.6. The van der Waals surface area contributed by atoms with Gasteiger partial charge in [0.2, 0.25) is 5.78 Å². The van der Waals surface area contributed by atoms with Crippen molar-refractivity contribution in [1.82, 2.24) is 0 Å². The highest BCUT2D eigenvalue weighted by molar-refractivity contribution is 6.12. The molecule has 0 heterocycles. The van der Waals surface area contributed by atoms with E-state index in [4.69, 9.17) is 4.74 Å². The van der Waals surface area contributed by atoms with Crippen LogP contribution >= 0.6 is 0 Å². The van der Waals surface area contributed by atoms with Gasteiger partial charge in [-0.25, -0.2) is 0 Å². The Labute approximate surface area is 117 Å². The van der Waals surface area contributed by atoms with E-state index in [0.29, 0.717) is 6.42 Å². The lowest BCUT2D eigenvalue weighted by atomic mass is 9.57. The van der Waals surface area contributed by atoms with Crippen LogP contribution in [-0.4, -0.2) is 31.8 Å². The Hall–Kier alpha value is -1.91. The molecule has 5 heteroatoms. The maximum Gasteiger partial charge on any atom is 0.306 e. The Morgan fingerprint density at radius 3 is 2.70 bits per heavy atom. The van der Waals surface area contributed by atoms with Crippen molar-refractivity contribution >= 4 is 17.5 Å². The number of carbonyl (C=O) groups excluding carboxylic acids is 3. The summed E-state index contributed by atoms with van der Waals surface area (Å²) < 4.78 is 9.70. The first-order valence-corrected chi connectivity index (χ1v) is 6.53. The van der Waals surface area contributed by atoms with E-state index in [9.17, 15) is 14.4 Å². The molecule has 3 atom stereocenters. The number of carbonyl (C=O) groups is 3. The quantitative estimate of drug-likeness (QED) is 0.577. The second-order valence-corrected chi connectivity index (χ2v) is 5.33. The molecule has 0 radical (unpaired) electrons. The Balaban J connectivity index is 2.42. The zero-order valence-corrected chi connectivity index (χ0v) is 11.8. The largest absolute Gasteiger partial charge is 0.493 e. The first-order chi connectivity index (χ1) is 9.44. The molecule has 2 rings (SSSR count). The van der Waals surface area contributed by atoms with Gasteiger partial charge in [0.15, 0.2) is 11.5 Å². The van der Waals surface area contributed by atoms with E-state index in [1.165, 1.54) is 20.3 Å². The van der Waals surface area contributed by atoms with Crippen LogP contribution in [0.5, 0.6) is 0 Å². The number of hydrogen-bond acceptors (Lipinski definition) is 5. The van der Waals surface area contributed by atoms with Crippen LogP contribution in [0.1, 0.15) is 19.8 Å². The third-order valence-corrected chi connectivity index (χ3v) is 4.40. The number of fused-ring (bicyclic) bond motifs is 1. The van der Waals surface area contributed by atoms with E-state index in [2.05, 4.69) is 4.74 Å². The highest BCUT2D eigenvalue weighted by Crippen LogP contribution is 2.48. The van der Waals surface area contributed by atoms with Crippen molar-refractivity contribution in [1.29, 1.82) is 0 Å². The van der Waals surface area contributed by atoms with Gasteiger partial charge in [0, 0.05) is 17.9 Å². The molecule has 0 fully saturated rings. The van der Waals surface area contributed by atoms with Crippen LogP contribution in [0.3, 0.4) is 0 Å². The highest BCUT2D eigenvalue weighted by Gasteiger charge is 2.54. The minimum Gasteiger partial charge on any atom is -0.493 e. The van der Waals surface area contributed by atoms with Crippen LogP contribution in [0.2, 0.25) is 0 Å². The second-order valence-electron chi connectivity index (χ2n) is 5.33. The second kappa shape index (κ2) is 5.23. The van der Waals surface area contributed by atoms with E-state index >= 15 is 0 Å². The topological polar surface area (TPSA) is 69.7 Å². The maximum atomic E-state index is 12.6. The molecule has 20 heavy (non-hydrogen) atoms. The molecule has 0 unspecified atom stereocenters. The fourth-order valence-corrected chi connectivity index (χ4v) is 3.08. The summed E-state index contributed by atoms with van der Waals surface area (Å²) in [6.45, 7) is 1.74. The first-order valence-electron chi connectivity index (χ1n) is 6.53. The van der Waals surface area contributed by atoms with Gasteiger partial charge in [-0.05, 0) is 6.42 Å². The Morgan fingerprint density at radius 1 is 1.40 bits per heavy atom. The number of esters is 1. The third-order valence-electron chi connectivity index (χ3n) is 4.40. The van der Waals surface area contributed by atoms with Gasteiger partial charge >= 0.3 is 5.97 Å². The standard InChI is InChI=1S/C15H18O5/c1-15-9(7-13(17)20-3)5-4-6-10(15)11(16)8-12(19-2)14(15)18/h4-5,8-10H,6-7H2,1-3H3/t9-,10+,15+/m1/s1. The lowest BCUT2D eigenvalue weighted by Crippen LogP contribution is -2.50. The van der Waals surface area contributed by atoms with Crippen molar-refractivity contribution in [2.24, 2.45) is 17.3 Å². The van der Waals surface area contributed by atoms with Crippen molar-refractivity contribution in [3.63, 3.8) is 0 Å². The average molecular weight is 278 g/mol. The molecule has 0 aromatic heterocycles. The molecular weight excluding hydrogens is 260 g/mol. The molecule has 0 aromatic rings. The van der Waals surface area contributed by atoms with E-state index < -0.39 is 17.3 Å². The average Bonchev–Trinajstić information content (AvgIpc) is 2.44. The summed E-state index contributed by atoms with van der Waals surface area (Å²) in [5.74, 6) is -1.46. The van der Waals surface area contributed by atoms with Crippen LogP contribution < -0.4 is 0 Å². The molecule has 5 nitrogen and oxygen atoms in total. The molecule has 108 valence electrons. The molecule has 0 N–H and O–H groups in total. The van der Waals surface area contributed by atoms with Gasteiger partial charge in [-0.3, -0.25) is 14.4 Å². The molecule has 0 saturated heterocycles. The van der Waals surface area contributed by atoms with E-state index in [1.54, 1.807) is 6.92 Å². The van der Waals surface area contributed by atoms with Gasteiger partial charge in [-0.1, -0.05) is 19.1 Å². The molecule has 2 aliphatic rings. The van der Waals surface area contributed by atoms with Crippen molar-refractivity contribution < 1.29 is 23.9 Å². The van der Waals surface area contributed by atoms with Crippen molar-refractivity contribution in [2.75, 3.05) is 14.2 Å². The lowest BCUT2D eigenvalue weighted by Gasteiger charge is -2.44. The molecule has 0 amide bonds. The fraction of sp³-hybridized carbons (Fsp3) is 0.533. The summed E-state index contributed by atoms with van der Waals surface area (Å²) in [5, 5.41) is 0. The monoisotopic (exact) mass is 278 g/mol. The zero-order chi connectivity index (χ0) is 14.9. The number of ether oxygens (including phenoxy) is 2. The zero-order valence-electron chi connectivity index (χ0n) is 11.8. The van der Waals surface area contributed by atoms with Gasteiger partial charge in [-0.15, -0.1) is 0 Å². The minimum atomic E-state index is -0.944. The Bertz CT molecular complexity index is 516. The van der Waals surface area contributed by atoms with Gasteiger partial charge in [-0.2, -0.15) is 0 Å². The van der Waals surface area contributed by atoms with Crippen LogP contribution in [0.25, 0.3) is 0 Å². The molecule has 2 aliphatic carbocycles. The summed E-state index contributed by atoms with van der Waals surface area (Å²) in [6.07, 6.45) is 5.54. The number of methoxy groups -OCH3 is 2. The highest BCUT2D eigenvalue weighted by atomic mass is 16.5. The number of allylic oxidation sites excluding steroid dienone is 4. The lowest BCUT2D eigenvalue weighted by molar-refractivity contribution is -0.148. The number of rotatable bonds is 3. The van der Waals surface area contributed by atoms with Crippen molar-refractivity contribution in [3.05, 3.63) is 24.0 Å². The molecular formula is C15H18O5. The molecule has 0 aliphatic heterocycles. The SMILES string of the molecule is COC(=O)C[C@H]1C=CC[C@H]2C(=O)C=C(OC)C(=O)[C@@]12C. The predicted molar refractivity (Wildman–Crippen MR) is 70.6 cm³/mol. The number of ketones is 2. The predicted octanol–water partition coefficient (Wildman–Crippen LogP) is 1.43. The molecule has 0 spiro atoms. The normalized spacial score (nSPS) is 32.5. The summed E-state index contributed by atoms with van der Waals surface area (Å²) >= 11 is 0. The summed E-state index contributed by atoms with van der Waals surface area (Å²) in [6, 6.07) is 0. The summed E-state index contributed by atoms with van der Waals surface area (Å²) in [5.41, 5.74) is -0.944. The van der Waals surface area contributed by atoms with Crippen LogP contribution in [-0.2, 0) is 23.9 Å². The number of hydrogen-bond donors (Lipinski definition) is 0. The van der Waals surface area contributed by atoms with Crippen LogP contribution in [0.15, 0.2) is 24.0 Å². The van der Waals surface area contributed by atoms with E-state index in [0.717, 1.165) is 0 Å². The van der Waals surface area contributed by atoms with Crippen LogP contribution in [0, 0.1) is 17.3 Å². The minimum absolute atomic E-state index is 0.0684. The Morgan fingerprint density at radius 2 is 2.10 bits per heavy atom. The van der Waals surface area contributed by atoms with Crippen molar-refractivity contribution in [3.8, 4) is 0 Å². The number of Topliss-reactive ketones (excluding diaryl/α,β-unsaturated/α-hetero) is 1. The van der Waals surface area contributed by atoms with Gasteiger partial charge in [0.05, 0.1) is 26.1 Å². The van der Waals surface area contributed by atoms with Gasteiger partial charge in [0.25, 0.3) is 0 Å². The van der Waals surface area contributed by atoms with Gasteiger partial charge in [0.1, 0.15) is 0 Å². The summed E-state index contributed by atoms with van der Waals surface area (Å²) in [7, 11) is 2.68. The van der Waals surface area contributed by atoms with E-state index in [1.807, 2.05) is 12.2 Å². The molecule has 0 aromatic carbocycles. The third kappa shape index (κ3) is 2.07. The van der Waals surface area contributed by atoms with E-state index in [-0.39, 0.29) is 29.7 Å². The smallest absolute Gasteiger partial charge is 0.306 e. The molecule has 0 saturated carbocycles. The van der Waals surface area contributed by atoms with Gasteiger partial charge < -0.3 is 9.47 Å². The fourth-order valence-electron chi connectivity index (χ4n) is 3.08. The summed E-state index contributed by atoms with van der Waals surface area (Å²) in [4.78, 5) is 36.3.